The lowest BCUT2D eigenvalue weighted by Crippen LogP contribution is -2.37. The third-order valence-corrected chi connectivity index (χ3v) is 3.29. The molecule has 2 aromatic heterocycles. The molecule has 0 fully saturated rings. The second-order valence-electron chi connectivity index (χ2n) is 6.27. The lowest BCUT2D eigenvalue weighted by molar-refractivity contribution is -0.148. The third-order valence-electron chi connectivity index (χ3n) is 3.29. The molecule has 8 nitrogen and oxygen atoms in total. The van der Waals surface area contributed by atoms with Crippen LogP contribution in [0, 0.1) is 0 Å². The summed E-state index contributed by atoms with van der Waals surface area (Å²) in [4.78, 5) is 40.2. The van der Waals surface area contributed by atoms with Crippen molar-refractivity contribution in [3.8, 4) is 0 Å². The second-order valence-corrected chi connectivity index (χ2v) is 6.27. The average molecular weight is 320 g/mol. The summed E-state index contributed by atoms with van der Waals surface area (Å²) in [5, 5.41) is 0. The Labute approximate surface area is 132 Å². The van der Waals surface area contributed by atoms with Gasteiger partial charge in [0.15, 0.2) is 11.2 Å². The fourth-order valence-corrected chi connectivity index (χ4v) is 2.16. The van der Waals surface area contributed by atoms with Crippen LogP contribution in [0.2, 0.25) is 0 Å². The molecule has 2 aromatic rings. The average Bonchev–Trinajstić information content (AvgIpc) is 2.76. The van der Waals surface area contributed by atoms with E-state index in [1.54, 1.807) is 34.9 Å². The maximum Gasteiger partial charge on any atom is 0.332 e. The van der Waals surface area contributed by atoms with Gasteiger partial charge in [-0.1, -0.05) is 0 Å². The van der Waals surface area contributed by atoms with Crippen LogP contribution < -0.4 is 11.2 Å². The van der Waals surface area contributed by atoms with Crippen LogP contribution in [-0.4, -0.2) is 30.3 Å². The number of aromatic nitrogens is 4. The Morgan fingerprint density at radius 3 is 2.26 bits per heavy atom. The summed E-state index contributed by atoms with van der Waals surface area (Å²) in [5.74, 6) is -0.129. The lowest BCUT2D eigenvalue weighted by Gasteiger charge is -2.17. The number of carbonyl (C=O) groups excluding carboxylic acids is 1. The summed E-state index contributed by atoms with van der Waals surface area (Å²) in [5.41, 5.74) is -0.922. The van der Waals surface area contributed by atoms with Crippen LogP contribution in [0.1, 0.15) is 26.6 Å². The van der Waals surface area contributed by atoms with Crippen LogP contribution >= 0.6 is 0 Å². The first kappa shape index (κ1) is 16.7. The Morgan fingerprint density at radius 1 is 1.09 bits per heavy atom. The van der Waals surface area contributed by atoms with Gasteiger partial charge in [0.05, 0.1) is 0 Å². The maximum absolute atomic E-state index is 12.2. The Balaban J connectivity index is 2.53. The largest absolute Gasteiger partial charge is 0.457 e. The number of imidazole rings is 1. The molecule has 2 heterocycles. The van der Waals surface area contributed by atoms with Crippen molar-refractivity contribution >= 4 is 23.2 Å². The summed E-state index contributed by atoms with van der Waals surface area (Å²) >= 11 is 0. The van der Waals surface area contributed by atoms with E-state index < -0.39 is 22.8 Å². The molecule has 0 aliphatic carbocycles. The standard InChI is InChI=1S/C15H20N4O4/c1-15(2,3)23-10(20)8-7-9-16-12-11(17(9)4)13(21)19(6)14(22)18(12)5/h7-8H,1-6H3. The van der Waals surface area contributed by atoms with Gasteiger partial charge in [-0.2, -0.15) is 0 Å². The molecule has 0 unspecified atom stereocenters. The van der Waals surface area contributed by atoms with Gasteiger partial charge in [-0.15, -0.1) is 0 Å². The monoisotopic (exact) mass is 320 g/mol. The van der Waals surface area contributed by atoms with E-state index in [2.05, 4.69) is 4.98 Å². The normalized spacial score (nSPS) is 12.3. The van der Waals surface area contributed by atoms with Gasteiger partial charge in [0, 0.05) is 27.2 Å². The van der Waals surface area contributed by atoms with Crippen molar-refractivity contribution in [2.24, 2.45) is 21.1 Å². The number of aryl methyl sites for hydroxylation is 2. The van der Waals surface area contributed by atoms with E-state index in [4.69, 9.17) is 4.74 Å². The third kappa shape index (κ3) is 3.10. The SMILES string of the molecule is Cn1c(=O)c2c(nc(C=CC(=O)OC(C)(C)C)n2C)n(C)c1=O. The predicted octanol–water partition coefficient (Wildman–Crippen LogP) is 0.326. The number of hydrogen-bond donors (Lipinski definition) is 0. The van der Waals surface area contributed by atoms with Crippen LogP contribution in [0.3, 0.4) is 0 Å². The van der Waals surface area contributed by atoms with E-state index in [9.17, 15) is 14.4 Å². The second kappa shape index (κ2) is 5.53. The number of fused-ring (bicyclic) bond motifs is 1. The highest BCUT2D eigenvalue weighted by atomic mass is 16.6. The molecular formula is C15H20N4O4. The number of hydrogen-bond acceptors (Lipinski definition) is 5. The van der Waals surface area contributed by atoms with Crippen molar-refractivity contribution in [3.05, 3.63) is 32.7 Å². The molecule has 0 bridgehead atoms. The molecule has 0 amide bonds. The molecule has 0 radical (unpaired) electrons. The van der Waals surface area contributed by atoms with Crippen LogP contribution in [0.25, 0.3) is 17.2 Å². The zero-order chi connectivity index (χ0) is 17.5. The van der Waals surface area contributed by atoms with Crippen LogP contribution in [0.4, 0.5) is 0 Å². The van der Waals surface area contributed by atoms with Crippen molar-refractivity contribution in [2.45, 2.75) is 26.4 Å². The summed E-state index contributed by atoms with van der Waals surface area (Å²) in [6, 6.07) is 0. The molecule has 0 atom stereocenters. The summed E-state index contributed by atoms with van der Waals surface area (Å²) in [7, 11) is 4.60. The Morgan fingerprint density at radius 2 is 1.70 bits per heavy atom. The zero-order valence-electron chi connectivity index (χ0n) is 14.1. The number of ether oxygens (including phenoxy) is 1. The number of carbonyl (C=O) groups is 1. The molecule has 0 aliphatic rings. The molecule has 23 heavy (non-hydrogen) atoms. The minimum absolute atomic E-state index is 0.268. The molecule has 2 rings (SSSR count). The van der Waals surface area contributed by atoms with Crippen molar-refractivity contribution in [1.29, 1.82) is 0 Å². The molecule has 0 spiro atoms. The van der Waals surface area contributed by atoms with Gasteiger partial charge in [0.2, 0.25) is 0 Å². The molecule has 124 valence electrons. The molecule has 0 saturated carbocycles. The summed E-state index contributed by atoms with van der Waals surface area (Å²) in [6.45, 7) is 5.31. The molecule has 0 aromatic carbocycles. The highest BCUT2D eigenvalue weighted by molar-refractivity contribution is 5.87. The summed E-state index contributed by atoms with van der Waals surface area (Å²) in [6.07, 6.45) is 2.70. The Hall–Kier alpha value is -2.64. The molecule has 8 heteroatoms. The van der Waals surface area contributed by atoms with Gasteiger partial charge in [-0.3, -0.25) is 13.9 Å². The quantitative estimate of drug-likeness (QED) is 0.587. The van der Waals surface area contributed by atoms with Crippen molar-refractivity contribution in [2.75, 3.05) is 0 Å². The van der Waals surface area contributed by atoms with Crippen molar-refractivity contribution in [3.63, 3.8) is 0 Å². The van der Waals surface area contributed by atoms with Crippen LogP contribution in [0.5, 0.6) is 0 Å². The topological polar surface area (TPSA) is 88.1 Å². The maximum atomic E-state index is 12.2. The van der Waals surface area contributed by atoms with Crippen molar-refractivity contribution < 1.29 is 9.53 Å². The molecular weight excluding hydrogens is 300 g/mol. The van der Waals surface area contributed by atoms with E-state index in [1.165, 1.54) is 28.3 Å². The Kier molecular flexibility index (Phi) is 4.02. The van der Waals surface area contributed by atoms with Gasteiger partial charge < -0.3 is 9.30 Å². The van der Waals surface area contributed by atoms with Gasteiger partial charge in [0.25, 0.3) is 5.56 Å². The van der Waals surface area contributed by atoms with Crippen LogP contribution in [-0.2, 0) is 30.7 Å². The minimum Gasteiger partial charge on any atom is -0.457 e. The van der Waals surface area contributed by atoms with E-state index in [-0.39, 0.29) is 5.65 Å². The van der Waals surface area contributed by atoms with Gasteiger partial charge in [0.1, 0.15) is 11.4 Å². The van der Waals surface area contributed by atoms with Gasteiger partial charge >= 0.3 is 11.7 Å². The number of nitrogens with zero attached hydrogens (tertiary/aromatic N) is 4. The first-order chi connectivity index (χ1) is 10.5. The minimum atomic E-state index is -0.590. The first-order valence-electron chi connectivity index (χ1n) is 7.06. The van der Waals surface area contributed by atoms with E-state index in [1.807, 2.05) is 0 Å². The summed E-state index contributed by atoms with van der Waals surface area (Å²) < 4.78 is 9.03. The smallest absolute Gasteiger partial charge is 0.332 e. The first-order valence-corrected chi connectivity index (χ1v) is 7.06. The predicted molar refractivity (Wildman–Crippen MR) is 86.1 cm³/mol. The van der Waals surface area contributed by atoms with E-state index in [0.717, 1.165) is 4.57 Å². The number of rotatable bonds is 2. The fraction of sp³-hybridized carbons (Fsp3) is 0.467. The highest BCUT2D eigenvalue weighted by Crippen LogP contribution is 2.11. The molecule has 0 saturated heterocycles. The molecule has 0 N–H and O–H groups in total. The fourth-order valence-electron chi connectivity index (χ4n) is 2.16. The highest BCUT2D eigenvalue weighted by Gasteiger charge is 2.17. The zero-order valence-corrected chi connectivity index (χ0v) is 14.1. The molecule has 0 aliphatic heterocycles. The van der Waals surface area contributed by atoms with E-state index >= 15 is 0 Å². The van der Waals surface area contributed by atoms with E-state index in [0.29, 0.717) is 11.3 Å². The van der Waals surface area contributed by atoms with Gasteiger partial charge in [-0.05, 0) is 26.8 Å². The van der Waals surface area contributed by atoms with Crippen molar-refractivity contribution in [1.82, 2.24) is 18.7 Å². The van der Waals surface area contributed by atoms with Gasteiger partial charge in [-0.25, -0.2) is 14.6 Å². The van der Waals surface area contributed by atoms with Crippen LogP contribution in [0.15, 0.2) is 15.7 Å². The lowest BCUT2D eigenvalue weighted by atomic mass is 10.2. The number of esters is 1. The Bertz CT molecular complexity index is 922.